The van der Waals surface area contributed by atoms with Gasteiger partial charge < -0.3 is 4.74 Å². The summed E-state index contributed by atoms with van der Waals surface area (Å²) in [6.07, 6.45) is 1.86. The van der Waals surface area contributed by atoms with Crippen LogP contribution < -0.4 is 10.1 Å². The maximum atomic E-state index is 8.54. The van der Waals surface area contributed by atoms with Gasteiger partial charge in [0.05, 0.1) is 6.04 Å². The van der Waals surface area contributed by atoms with Crippen molar-refractivity contribution in [2.24, 2.45) is 4.99 Å². The third kappa shape index (κ3) is 4.36. The van der Waals surface area contributed by atoms with Crippen LogP contribution in [0.25, 0.3) is 0 Å². The molecule has 1 N–H and O–H groups in total. The summed E-state index contributed by atoms with van der Waals surface area (Å²) in [7, 11) is 0. The van der Waals surface area contributed by atoms with Crippen LogP contribution in [0.2, 0.25) is 0 Å². The zero-order valence-corrected chi connectivity index (χ0v) is 12.1. The lowest BCUT2D eigenvalue weighted by molar-refractivity contribution is 0.482. The predicted octanol–water partition coefficient (Wildman–Crippen LogP) is 4.03. The topological polar surface area (TPSA) is 57.4 Å². The Hall–Kier alpha value is -2.80. The Balaban J connectivity index is 2.05. The molecular weight excluding hydrogens is 262 g/mol. The van der Waals surface area contributed by atoms with Crippen molar-refractivity contribution in [3.8, 4) is 17.7 Å². The van der Waals surface area contributed by atoms with Crippen LogP contribution in [0.15, 0.2) is 59.6 Å². The number of aliphatic imine (C=N–C) groups is 1. The van der Waals surface area contributed by atoms with Crippen molar-refractivity contribution in [3.05, 3.63) is 60.2 Å². The van der Waals surface area contributed by atoms with Crippen molar-refractivity contribution < 1.29 is 4.74 Å². The van der Waals surface area contributed by atoms with Crippen molar-refractivity contribution in [1.29, 1.82) is 5.26 Å². The molecule has 106 valence electrons. The van der Waals surface area contributed by atoms with Gasteiger partial charge in [0.15, 0.2) is 6.19 Å². The highest BCUT2D eigenvalue weighted by atomic mass is 16.5. The maximum absolute atomic E-state index is 8.54. The van der Waals surface area contributed by atoms with Gasteiger partial charge in [-0.15, -0.1) is 0 Å². The molecule has 0 aliphatic carbocycles. The third-order valence-electron chi connectivity index (χ3n) is 2.97. The summed E-state index contributed by atoms with van der Waals surface area (Å²) in [6, 6.07) is 17.4. The third-order valence-corrected chi connectivity index (χ3v) is 2.97. The molecular formula is C17H17N3O. The van der Waals surface area contributed by atoms with Gasteiger partial charge in [-0.2, -0.15) is 5.26 Å². The molecule has 2 aromatic rings. The first-order chi connectivity index (χ1) is 10.2. The van der Waals surface area contributed by atoms with Crippen LogP contribution in [0.5, 0.6) is 11.5 Å². The first-order valence-corrected chi connectivity index (χ1v) is 6.71. The number of nitrogens with zero attached hydrogens (tertiary/aromatic N) is 2. The summed E-state index contributed by atoms with van der Waals surface area (Å²) >= 11 is 0. The Morgan fingerprint density at radius 3 is 2.33 bits per heavy atom. The lowest BCUT2D eigenvalue weighted by atomic mass is 10.1. The molecule has 0 bridgehead atoms. The lowest BCUT2D eigenvalue weighted by Crippen LogP contribution is -2.14. The molecule has 0 fully saturated rings. The first-order valence-electron chi connectivity index (χ1n) is 6.71. The number of nitrogens with one attached hydrogen (secondary N) is 1. The Bertz CT molecular complexity index is 642. The molecule has 0 saturated heterocycles. The molecule has 21 heavy (non-hydrogen) atoms. The summed E-state index contributed by atoms with van der Waals surface area (Å²) in [5.41, 5.74) is 1.06. The molecule has 0 amide bonds. The fourth-order valence-electron chi connectivity index (χ4n) is 1.92. The van der Waals surface area contributed by atoms with Crippen LogP contribution in [-0.2, 0) is 0 Å². The Kier molecular flexibility index (Phi) is 4.94. The number of amidine groups is 1. The van der Waals surface area contributed by atoms with E-state index in [-0.39, 0.29) is 6.04 Å². The van der Waals surface area contributed by atoms with E-state index >= 15 is 0 Å². The minimum absolute atomic E-state index is 0.0170. The van der Waals surface area contributed by atoms with E-state index in [1.165, 1.54) is 0 Å². The quantitative estimate of drug-likeness (QED) is 0.398. The number of hydrogen-bond acceptors (Lipinski definition) is 3. The molecule has 0 spiro atoms. The number of rotatable bonds is 4. The number of nitriles is 1. The molecule has 2 rings (SSSR count). The van der Waals surface area contributed by atoms with Crippen LogP contribution in [0.4, 0.5) is 0 Å². The van der Waals surface area contributed by atoms with E-state index < -0.39 is 0 Å². The number of hydrogen-bond donors (Lipinski definition) is 1. The fraction of sp³-hybridized carbons (Fsp3) is 0.176. The lowest BCUT2D eigenvalue weighted by Gasteiger charge is -2.10. The molecule has 0 radical (unpaired) electrons. The van der Waals surface area contributed by atoms with Gasteiger partial charge in [-0.3, -0.25) is 10.3 Å². The molecule has 2 aromatic carbocycles. The monoisotopic (exact) mass is 279 g/mol. The highest BCUT2D eigenvalue weighted by Crippen LogP contribution is 2.24. The van der Waals surface area contributed by atoms with Gasteiger partial charge in [0.25, 0.3) is 0 Å². The van der Waals surface area contributed by atoms with E-state index in [9.17, 15) is 0 Å². The van der Waals surface area contributed by atoms with E-state index in [0.29, 0.717) is 5.84 Å². The normalized spacial score (nSPS) is 12.3. The second-order valence-electron chi connectivity index (χ2n) is 4.61. The average Bonchev–Trinajstić information content (AvgIpc) is 2.49. The fourth-order valence-corrected chi connectivity index (χ4v) is 1.92. The standard InChI is InChI=1S/C17H17N3O/c1-13(20-14(2)19-12-18)15-8-10-17(11-9-15)21-16-6-4-3-5-7-16/h3-11,13H,1-2H3,(H,19,20)/t13-/m0/s1. The van der Waals surface area contributed by atoms with Gasteiger partial charge in [0, 0.05) is 0 Å². The molecule has 0 saturated carbocycles. The highest BCUT2D eigenvalue weighted by molar-refractivity contribution is 5.81. The van der Waals surface area contributed by atoms with Crippen LogP contribution in [0.3, 0.4) is 0 Å². The molecule has 4 nitrogen and oxygen atoms in total. The van der Waals surface area contributed by atoms with Crippen molar-refractivity contribution in [1.82, 2.24) is 5.32 Å². The summed E-state index contributed by atoms with van der Waals surface area (Å²) in [5, 5.41) is 11.1. The molecule has 0 heterocycles. The SMILES string of the molecule is CC(=N[C@@H](C)c1ccc(Oc2ccccc2)cc1)NC#N. The van der Waals surface area contributed by atoms with Crippen LogP contribution in [-0.4, -0.2) is 5.84 Å². The second-order valence-corrected chi connectivity index (χ2v) is 4.61. The first kappa shape index (κ1) is 14.6. The zero-order valence-electron chi connectivity index (χ0n) is 12.1. The van der Waals surface area contributed by atoms with Gasteiger partial charge >= 0.3 is 0 Å². The average molecular weight is 279 g/mol. The number of para-hydroxylation sites is 1. The molecule has 0 aliphatic heterocycles. The van der Waals surface area contributed by atoms with E-state index in [1.54, 1.807) is 6.92 Å². The van der Waals surface area contributed by atoms with Crippen molar-refractivity contribution >= 4 is 5.84 Å². The molecule has 0 aromatic heterocycles. The predicted molar refractivity (Wildman–Crippen MR) is 83.2 cm³/mol. The minimum Gasteiger partial charge on any atom is -0.457 e. The van der Waals surface area contributed by atoms with Crippen molar-refractivity contribution in [2.45, 2.75) is 19.9 Å². The Labute approximate surface area is 124 Å². The van der Waals surface area contributed by atoms with Crippen LogP contribution in [0.1, 0.15) is 25.5 Å². The highest BCUT2D eigenvalue weighted by Gasteiger charge is 2.05. The van der Waals surface area contributed by atoms with E-state index in [1.807, 2.05) is 67.7 Å². The van der Waals surface area contributed by atoms with Gasteiger partial charge in [0.2, 0.25) is 0 Å². The Morgan fingerprint density at radius 2 is 1.71 bits per heavy atom. The number of ether oxygens (including phenoxy) is 1. The van der Waals surface area contributed by atoms with E-state index in [2.05, 4.69) is 10.3 Å². The van der Waals surface area contributed by atoms with Crippen molar-refractivity contribution in [3.63, 3.8) is 0 Å². The summed E-state index contributed by atoms with van der Waals surface area (Å²) < 4.78 is 5.74. The van der Waals surface area contributed by atoms with Gasteiger partial charge in [-0.1, -0.05) is 30.3 Å². The molecule has 1 atom stereocenters. The van der Waals surface area contributed by atoms with Gasteiger partial charge in [-0.25, -0.2) is 0 Å². The van der Waals surface area contributed by atoms with E-state index in [4.69, 9.17) is 10.00 Å². The van der Waals surface area contributed by atoms with Crippen LogP contribution >= 0.6 is 0 Å². The summed E-state index contributed by atoms with van der Waals surface area (Å²) in [5.74, 6) is 2.20. The smallest absolute Gasteiger partial charge is 0.182 e. The maximum Gasteiger partial charge on any atom is 0.182 e. The molecule has 4 heteroatoms. The van der Waals surface area contributed by atoms with Crippen molar-refractivity contribution in [2.75, 3.05) is 0 Å². The summed E-state index contributed by atoms with van der Waals surface area (Å²) in [4.78, 5) is 4.39. The largest absolute Gasteiger partial charge is 0.457 e. The summed E-state index contributed by atoms with van der Waals surface area (Å²) in [6.45, 7) is 3.75. The van der Waals surface area contributed by atoms with Gasteiger partial charge in [-0.05, 0) is 43.7 Å². The Morgan fingerprint density at radius 1 is 1.10 bits per heavy atom. The molecule has 0 unspecified atom stereocenters. The molecule has 0 aliphatic rings. The van der Waals surface area contributed by atoms with Crippen LogP contribution in [0, 0.1) is 11.5 Å². The second kappa shape index (κ2) is 7.11. The van der Waals surface area contributed by atoms with E-state index in [0.717, 1.165) is 17.1 Å². The number of benzene rings is 2. The van der Waals surface area contributed by atoms with Gasteiger partial charge in [0.1, 0.15) is 17.3 Å². The minimum atomic E-state index is -0.0170. The zero-order chi connectivity index (χ0) is 15.1.